The van der Waals surface area contributed by atoms with Crippen LogP contribution in [0.15, 0.2) is 119 Å². The Morgan fingerprint density at radius 3 is 1.69 bits per heavy atom. The average molecular weight is 827 g/mol. The number of rotatable bonds is 5. The molecular formula is C47H38O10S2. The molecule has 2 aliphatic heterocycles. The molecule has 0 amide bonds. The van der Waals surface area contributed by atoms with E-state index in [0.717, 1.165) is 86.9 Å². The van der Waals surface area contributed by atoms with Gasteiger partial charge in [0.15, 0.2) is 11.6 Å². The lowest BCUT2D eigenvalue weighted by Crippen LogP contribution is -2.14. The van der Waals surface area contributed by atoms with Crippen LogP contribution in [0.2, 0.25) is 0 Å². The molecule has 10 rings (SSSR count). The number of carbonyl (C=O) groups is 2. The first kappa shape index (κ1) is 38.4. The summed E-state index contributed by atoms with van der Waals surface area (Å²) in [6, 6.07) is 31.6. The van der Waals surface area contributed by atoms with E-state index in [1.807, 2.05) is 55.5 Å². The van der Waals surface area contributed by atoms with Crippen LogP contribution in [0.5, 0.6) is 17.2 Å². The summed E-state index contributed by atoms with van der Waals surface area (Å²) in [4.78, 5) is 24.4. The van der Waals surface area contributed by atoms with Gasteiger partial charge < -0.3 is 13.7 Å². The first-order chi connectivity index (χ1) is 28.3. The molecule has 0 atom stereocenters. The minimum atomic E-state index is -4.33. The van der Waals surface area contributed by atoms with Crippen LogP contribution in [0.4, 0.5) is 0 Å². The van der Waals surface area contributed by atoms with Crippen LogP contribution in [0.25, 0.3) is 33.4 Å². The van der Waals surface area contributed by atoms with Gasteiger partial charge in [0.05, 0.1) is 0 Å². The predicted octanol–water partition coefficient (Wildman–Crippen LogP) is 9.52. The maximum absolute atomic E-state index is 12.6. The van der Waals surface area contributed by atoms with E-state index >= 15 is 0 Å². The molecule has 12 heteroatoms. The van der Waals surface area contributed by atoms with Crippen molar-refractivity contribution >= 4 is 31.8 Å². The number of hydrogen-bond donors (Lipinski definition) is 1. The Balaban J connectivity index is 0.000000152. The first-order valence-corrected chi connectivity index (χ1v) is 22.2. The predicted molar refractivity (Wildman–Crippen MR) is 221 cm³/mol. The van der Waals surface area contributed by atoms with Crippen LogP contribution < -0.4 is 13.7 Å². The highest BCUT2D eigenvalue weighted by Crippen LogP contribution is 2.44. The Morgan fingerprint density at radius 1 is 0.542 bits per heavy atom. The number of carbonyl (C=O) groups excluding carboxylic acids is 2. The molecule has 2 heterocycles. The normalized spacial score (nSPS) is 15.0. The molecule has 0 radical (unpaired) electrons. The zero-order valence-corrected chi connectivity index (χ0v) is 33.6. The monoisotopic (exact) mass is 826 g/mol. The van der Waals surface area contributed by atoms with Gasteiger partial charge in [-0.3, -0.25) is 14.1 Å². The average Bonchev–Trinajstić information content (AvgIpc) is 3.22. The van der Waals surface area contributed by atoms with Crippen LogP contribution in [0.1, 0.15) is 74.2 Å². The van der Waals surface area contributed by atoms with Gasteiger partial charge in [0.25, 0.3) is 10.1 Å². The second-order valence-electron chi connectivity index (χ2n) is 15.2. The van der Waals surface area contributed by atoms with Gasteiger partial charge >= 0.3 is 10.1 Å². The van der Waals surface area contributed by atoms with E-state index in [2.05, 4.69) is 0 Å². The molecule has 0 saturated heterocycles. The molecule has 0 bridgehead atoms. The molecule has 59 heavy (non-hydrogen) atoms. The molecule has 0 aromatic heterocycles. The number of hydrogen-bond acceptors (Lipinski definition) is 9. The number of benzene rings is 6. The molecule has 0 unspecified atom stereocenters. The topological polar surface area (TPSA) is 150 Å². The van der Waals surface area contributed by atoms with Gasteiger partial charge in [-0.15, -0.1) is 0 Å². The van der Waals surface area contributed by atoms with E-state index in [0.29, 0.717) is 42.1 Å². The van der Waals surface area contributed by atoms with Gasteiger partial charge in [-0.05, 0) is 127 Å². The van der Waals surface area contributed by atoms with Crippen LogP contribution in [0.3, 0.4) is 0 Å². The molecule has 1 N–H and O–H groups in total. The van der Waals surface area contributed by atoms with Crippen molar-refractivity contribution in [1.82, 2.24) is 0 Å². The highest BCUT2D eigenvalue weighted by Gasteiger charge is 2.27. The molecule has 2 aliphatic carbocycles. The summed E-state index contributed by atoms with van der Waals surface area (Å²) >= 11 is 0. The molecule has 6 aromatic carbocycles. The summed E-state index contributed by atoms with van der Waals surface area (Å²) in [6.07, 6.45) is 4.65. The van der Waals surface area contributed by atoms with E-state index < -0.39 is 20.2 Å². The van der Waals surface area contributed by atoms with E-state index in [1.165, 1.54) is 18.2 Å². The third-order valence-electron chi connectivity index (χ3n) is 11.2. The zero-order valence-electron chi connectivity index (χ0n) is 32.0. The maximum Gasteiger partial charge on any atom is 0.339 e. The van der Waals surface area contributed by atoms with E-state index in [4.69, 9.17) is 13.7 Å². The Labute approximate surface area is 342 Å². The summed E-state index contributed by atoms with van der Waals surface area (Å²) < 4.78 is 75.4. The van der Waals surface area contributed by atoms with Crippen molar-refractivity contribution in [1.29, 1.82) is 0 Å². The van der Waals surface area contributed by atoms with Gasteiger partial charge in [-0.2, -0.15) is 16.8 Å². The molecule has 4 aliphatic rings. The lowest BCUT2D eigenvalue weighted by Gasteiger charge is -2.25. The second-order valence-corrected chi connectivity index (χ2v) is 18.1. The molecule has 0 fully saturated rings. The van der Waals surface area contributed by atoms with E-state index in [-0.39, 0.29) is 33.7 Å². The molecule has 298 valence electrons. The minimum absolute atomic E-state index is 0.115. The third kappa shape index (κ3) is 7.43. The molecule has 0 saturated carbocycles. The van der Waals surface area contributed by atoms with Gasteiger partial charge in [0.2, 0.25) is 0 Å². The lowest BCUT2D eigenvalue weighted by atomic mass is 9.85. The number of Topliss-reactive ketones (excluding diaryl/α,β-unsaturated/α-hetero) is 2. The van der Waals surface area contributed by atoms with Crippen molar-refractivity contribution < 1.29 is 44.6 Å². The number of fused-ring (bicyclic) bond motifs is 8. The van der Waals surface area contributed by atoms with Crippen LogP contribution in [-0.4, -0.2) is 33.0 Å². The molecule has 10 nitrogen and oxygen atoms in total. The molecular weight excluding hydrogens is 789 g/mol. The highest BCUT2D eigenvalue weighted by atomic mass is 32.2. The van der Waals surface area contributed by atoms with Crippen molar-refractivity contribution in [2.75, 3.05) is 0 Å². The van der Waals surface area contributed by atoms with E-state index in [1.54, 1.807) is 42.5 Å². The van der Waals surface area contributed by atoms with Gasteiger partial charge in [-0.25, -0.2) is 0 Å². The van der Waals surface area contributed by atoms with Gasteiger partial charge in [0, 0.05) is 46.2 Å². The highest BCUT2D eigenvalue weighted by molar-refractivity contribution is 7.87. The van der Waals surface area contributed by atoms with Crippen LogP contribution in [0, 0.1) is 6.92 Å². The summed E-state index contributed by atoms with van der Waals surface area (Å²) in [6.45, 7) is 2.51. The first-order valence-electron chi connectivity index (χ1n) is 19.3. The van der Waals surface area contributed by atoms with Crippen molar-refractivity contribution in [2.24, 2.45) is 0 Å². The van der Waals surface area contributed by atoms with Gasteiger partial charge in [0.1, 0.15) is 40.3 Å². The SMILES string of the molecule is Cc1ccc(S(=O)(=O)Oc2ccc3c(c2)COc2cc4c(cc2-3)CCCC4=O)cc1.O=C1CCCc2cc3c(cc21)OCc1cc(-c2ccccc2S(=O)(=O)O)ccc1-3. The summed E-state index contributed by atoms with van der Waals surface area (Å²) in [5.74, 6) is 1.98. The number of ketones is 2. The zero-order chi connectivity index (χ0) is 41.1. The van der Waals surface area contributed by atoms with Crippen molar-refractivity contribution in [3.63, 3.8) is 0 Å². The number of ether oxygens (including phenoxy) is 2. The Hall–Kier alpha value is -6.08. The largest absolute Gasteiger partial charge is 0.488 e. The number of aryl methyl sites for hydroxylation is 3. The standard InChI is InChI=1S/C24H20O5S.C23H18O5S/c1-15-5-8-19(9-6-15)30(26,27)29-18-7-10-20-17(11-18)14-28-24-13-21-16(12-22(20)24)3-2-4-23(21)25;24-21-6-3-4-14-11-20-17-9-8-15(10-16(17)13-28-22(20)12-19(14)21)18-5-1-2-7-23(18)29(25,26)27/h5-13H,2-4,14H2,1H3;1-2,5,7-12H,3-4,6,13H2,(H,25,26,27). The molecule has 0 spiro atoms. The Kier molecular flexibility index (Phi) is 9.73. The fourth-order valence-corrected chi connectivity index (χ4v) is 9.90. The smallest absolute Gasteiger partial charge is 0.339 e. The molecule has 6 aromatic rings. The maximum atomic E-state index is 12.6. The van der Waals surface area contributed by atoms with Crippen molar-refractivity contribution in [2.45, 2.75) is 68.5 Å². The van der Waals surface area contributed by atoms with Gasteiger partial charge in [-0.1, -0.05) is 54.1 Å². The third-order valence-corrected chi connectivity index (χ3v) is 13.4. The Morgan fingerprint density at radius 2 is 1.10 bits per heavy atom. The van der Waals surface area contributed by atoms with Crippen LogP contribution >= 0.6 is 0 Å². The fourth-order valence-electron chi connectivity index (χ4n) is 8.26. The fraction of sp³-hybridized carbons (Fsp3) is 0.191. The van der Waals surface area contributed by atoms with Crippen LogP contribution in [-0.2, 0) is 46.3 Å². The summed E-state index contributed by atoms with van der Waals surface area (Å²) in [5.41, 5.74) is 11.4. The van der Waals surface area contributed by atoms with Crippen molar-refractivity contribution in [3.8, 4) is 50.6 Å². The Bertz CT molecular complexity index is 2950. The van der Waals surface area contributed by atoms with E-state index in [9.17, 15) is 31.0 Å². The summed E-state index contributed by atoms with van der Waals surface area (Å²) in [5, 5.41) is 0. The quantitative estimate of drug-likeness (QED) is 0.132. The summed E-state index contributed by atoms with van der Waals surface area (Å²) in [7, 11) is -8.24. The lowest BCUT2D eigenvalue weighted by molar-refractivity contribution is 0.0964. The second kappa shape index (κ2) is 14.9. The van der Waals surface area contributed by atoms with Crippen molar-refractivity contribution in [3.05, 3.63) is 148 Å². The minimum Gasteiger partial charge on any atom is -0.488 e.